The van der Waals surface area contributed by atoms with Gasteiger partial charge in [-0.1, -0.05) is 0 Å². The maximum absolute atomic E-state index is 10.9. The van der Waals surface area contributed by atoms with Crippen molar-refractivity contribution < 1.29 is 9.21 Å². The Labute approximate surface area is 75.5 Å². The van der Waals surface area contributed by atoms with Crippen LogP contribution in [0.15, 0.2) is 28.9 Å². The van der Waals surface area contributed by atoms with Gasteiger partial charge in [-0.3, -0.25) is 4.79 Å². The van der Waals surface area contributed by atoms with Crippen LogP contribution in [-0.4, -0.2) is 12.5 Å². The van der Waals surface area contributed by atoms with Crippen LogP contribution in [0.3, 0.4) is 0 Å². The summed E-state index contributed by atoms with van der Waals surface area (Å²) in [7, 11) is 0. The van der Waals surface area contributed by atoms with Gasteiger partial charge in [0.05, 0.1) is 12.3 Å². The number of nitriles is 1. The fourth-order valence-corrected chi connectivity index (χ4v) is 0.729. The number of rotatable bonds is 3. The third kappa shape index (κ3) is 3.25. The third-order valence-corrected chi connectivity index (χ3v) is 1.28. The Balaban J connectivity index is 2.41. The van der Waals surface area contributed by atoms with E-state index in [1.165, 1.54) is 18.4 Å². The minimum absolute atomic E-state index is 0.0152. The number of carbonyl (C=O) groups is 1. The van der Waals surface area contributed by atoms with Gasteiger partial charge >= 0.3 is 0 Å². The first-order valence-electron chi connectivity index (χ1n) is 3.69. The van der Waals surface area contributed by atoms with Gasteiger partial charge in [0.15, 0.2) is 0 Å². The summed E-state index contributed by atoms with van der Waals surface area (Å²) in [6.45, 7) is 0.0152. The largest absolute Gasteiger partial charge is 0.465 e. The summed E-state index contributed by atoms with van der Waals surface area (Å²) in [6.07, 6.45) is 4.37. The normalized spacial score (nSPS) is 9.77. The Kier molecular flexibility index (Phi) is 3.33. The molecule has 1 aromatic heterocycles. The SMILES string of the molecule is N#CCNC(=O)/C=C/c1ccco1. The van der Waals surface area contributed by atoms with Gasteiger partial charge in [-0.05, 0) is 18.2 Å². The van der Waals surface area contributed by atoms with Crippen molar-refractivity contribution in [1.82, 2.24) is 5.32 Å². The summed E-state index contributed by atoms with van der Waals surface area (Å²) >= 11 is 0. The van der Waals surface area contributed by atoms with Crippen molar-refractivity contribution in [2.45, 2.75) is 0 Å². The lowest BCUT2D eigenvalue weighted by Crippen LogP contribution is -2.20. The smallest absolute Gasteiger partial charge is 0.244 e. The van der Waals surface area contributed by atoms with Crippen LogP contribution >= 0.6 is 0 Å². The molecule has 66 valence electrons. The van der Waals surface area contributed by atoms with E-state index in [0.29, 0.717) is 5.76 Å². The molecule has 4 heteroatoms. The summed E-state index contributed by atoms with van der Waals surface area (Å²) in [6, 6.07) is 5.26. The molecule has 0 fully saturated rings. The number of nitrogens with zero attached hydrogens (tertiary/aromatic N) is 1. The Bertz CT molecular complexity index is 333. The first-order chi connectivity index (χ1) is 6.33. The van der Waals surface area contributed by atoms with Gasteiger partial charge in [-0.15, -0.1) is 0 Å². The molecular formula is C9H8N2O2. The molecule has 0 spiro atoms. The molecule has 0 saturated heterocycles. The number of hydrogen-bond acceptors (Lipinski definition) is 3. The highest BCUT2D eigenvalue weighted by Crippen LogP contribution is 2.01. The monoisotopic (exact) mass is 176 g/mol. The summed E-state index contributed by atoms with van der Waals surface area (Å²) in [5, 5.41) is 10.5. The molecule has 0 unspecified atom stereocenters. The topological polar surface area (TPSA) is 66.0 Å². The first kappa shape index (κ1) is 9.07. The predicted molar refractivity (Wildman–Crippen MR) is 46.4 cm³/mol. The highest BCUT2D eigenvalue weighted by molar-refractivity contribution is 5.91. The van der Waals surface area contributed by atoms with Gasteiger partial charge in [0.2, 0.25) is 5.91 Å². The molecule has 0 atom stereocenters. The maximum Gasteiger partial charge on any atom is 0.244 e. The van der Waals surface area contributed by atoms with Gasteiger partial charge in [0.1, 0.15) is 12.3 Å². The van der Waals surface area contributed by atoms with Gasteiger partial charge in [-0.2, -0.15) is 5.26 Å². The standard InChI is InChI=1S/C9H8N2O2/c10-5-6-11-9(12)4-3-8-2-1-7-13-8/h1-4,7H,6H2,(H,11,12)/b4-3+. The Morgan fingerprint density at radius 2 is 2.62 bits per heavy atom. The summed E-state index contributed by atoms with van der Waals surface area (Å²) in [5.41, 5.74) is 0. The molecule has 13 heavy (non-hydrogen) atoms. The molecule has 4 nitrogen and oxygen atoms in total. The van der Waals surface area contributed by atoms with Crippen molar-refractivity contribution in [1.29, 1.82) is 5.26 Å². The van der Waals surface area contributed by atoms with Crippen LogP contribution < -0.4 is 5.32 Å². The van der Waals surface area contributed by atoms with E-state index in [-0.39, 0.29) is 12.5 Å². The van der Waals surface area contributed by atoms with Crippen LogP contribution in [0.1, 0.15) is 5.76 Å². The second kappa shape index (κ2) is 4.78. The molecule has 1 N–H and O–H groups in total. The van der Waals surface area contributed by atoms with Crippen molar-refractivity contribution in [3.8, 4) is 6.07 Å². The second-order valence-electron chi connectivity index (χ2n) is 2.22. The van der Waals surface area contributed by atoms with Crippen LogP contribution in [0.5, 0.6) is 0 Å². The Morgan fingerprint density at radius 1 is 1.77 bits per heavy atom. The van der Waals surface area contributed by atoms with Crippen molar-refractivity contribution in [3.63, 3.8) is 0 Å². The molecule has 1 amide bonds. The van der Waals surface area contributed by atoms with Crippen molar-refractivity contribution in [3.05, 3.63) is 30.2 Å². The number of carbonyl (C=O) groups excluding carboxylic acids is 1. The van der Waals surface area contributed by atoms with Gasteiger partial charge < -0.3 is 9.73 Å². The van der Waals surface area contributed by atoms with Crippen LogP contribution in [0.25, 0.3) is 6.08 Å². The highest BCUT2D eigenvalue weighted by atomic mass is 16.3. The van der Waals surface area contributed by atoms with E-state index >= 15 is 0 Å². The molecule has 0 bridgehead atoms. The molecule has 0 saturated carbocycles. The number of amides is 1. The van der Waals surface area contributed by atoms with E-state index in [1.807, 2.05) is 0 Å². The van der Waals surface area contributed by atoms with E-state index in [4.69, 9.17) is 9.68 Å². The van der Waals surface area contributed by atoms with Crippen LogP contribution in [0.4, 0.5) is 0 Å². The second-order valence-corrected chi connectivity index (χ2v) is 2.22. The average molecular weight is 176 g/mol. The minimum atomic E-state index is -0.307. The van der Waals surface area contributed by atoms with Gasteiger partial charge in [0.25, 0.3) is 0 Å². The lowest BCUT2D eigenvalue weighted by molar-refractivity contribution is -0.116. The van der Waals surface area contributed by atoms with E-state index in [9.17, 15) is 4.79 Å². The van der Waals surface area contributed by atoms with Crippen molar-refractivity contribution >= 4 is 12.0 Å². The molecular weight excluding hydrogens is 168 g/mol. The number of furan rings is 1. The van der Waals surface area contributed by atoms with E-state index < -0.39 is 0 Å². The zero-order chi connectivity index (χ0) is 9.52. The number of nitrogens with one attached hydrogen (secondary N) is 1. The maximum atomic E-state index is 10.9. The molecule has 0 radical (unpaired) electrons. The third-order valence-electron chi connectivity index (χ3n) is 1.28. The minimum Gasteiger partial charge on any atom is -0.465 e. The summed E-state index contributed by atoms with van der Waals surface area (Å²) < 4.78 is 4.96. The molecule has 0 aliphatic carbocycles. The molecule has 0 aliphatic heterocycles. The molecule has 0 aromatic carbocycles. The fraction of sp³-hybridized carbons (Fsp3) is 0.111. The van der Waals surface area contributed by atoms with Crippen molar-refractivity contribution in [2.24, 2.45) is 0 Å². The van der Waals surface area contributed by atoms with Crippen LogP contribution in [0.2, 0.25) is 0 Å². The highest BCUT2D eigenvalue weighted by Gasteiger charge is 1.93. The van der Waals surface area contributed by atoms with E-state index in [2.05, 4.69) is 5.32 Å². The Morgan fingerprint density at radius 3 is 3.23 bits per heavy atom. The zero-order valence-electron chi connectivity index (χ0n) is 6.86. The van der Waals surface area contributed by atoms with E-state index in [1.54, 1.807) is 18.2 Å². The summed E-state index contributed by atoms with van der Waals surface area (Å²) in [5.74, 6) is 0.296. The Hall–Kier alpha value is -2.02. The molecule has 1 heterocycles. The lowest BCUT2D eigenvalue weighted by Gasteiger charge is -1.91. The predicted octanol–water partition coefficient (Wildman–Crippen LogP) is 0.933. The molecule has 1 aromatic rings. The molecule has 0 aliphatic rings. The average Bonchev–Trinajstić information content (AvgIpc) is 2.64. The van der Waals surface area contributed by atoms with Gasteiger partial charge in [-0.25, -0.2) is 0 Å². The van der Waals surface area contributed by atoms with Crippen molar-refractivity contribution in [2.75, 3.05) is 6.54 Å². The first-order valence-corrected chi connectivity index (χ1v) is 3.69. The number of hydrogen-bond donors (Lipinski definition) is 1. The fourth-order valence-electron chi connectivity index (χ4n) is 0.729. The van der Waals surface area contributed by atoms with Crippen LogP contribution in [0, 0.1) is 11.3 Å². The molecule has 1 rings (SSSR count). The van der Waals surface area contributed by atoms with Crippen LogP contribution in [-0.2, 0) is 4.79 Å². The summed E-state index contributed by atoms with van der Waals surface area (Å²) in [4.78, 5) is 10.9. The van der Waals surface area contributed by atoms with Gasteiger partial charge in [0, 0.05) is 6.08 Å². The zero-order valence-corrected chi connectivity index (χ0v) is 6.86. The van der Waals surface area contributed by atoms with E-state index in [0.717, 1.165) is 0 Å². The quantitative estimate of drug-likeness (QED) is 0.550. The lowest BCUT2D eigenvalue weighted by atomic mass is 10.4.